The van der Waals surface area contributed by atoms with E-state index in [2.05, 4.69) is 9.97 Å². The number of benzene rings is 1. The van der Waals surface area contributed by atoms with Crippen molar-refractivity contribution in [3.8, 4) is 11.3 Å². The molecule has 0 spiro atoms. The minimum Gasteiger partial charge on any atom is -0.399 e. The molecule has 0 bridgehead atoms. The van der Waals surface area contributed by atoms with Crippen molar-refractivity contribution in [2.75, 3.05) is 5.73 Å². The zero-order chi connectivity index (χ0) is 14.3. The maximum atomic E-state index is 13.7. The van der Waals surface area contributed by atoms with E-state index in [0.717, 1.165) is 6.20 Å². The molecule has 0 fully saturated rings. The third-order valence-electron chi connectivity index (χ3n) is 2.85. The number of nitrogen functional groups attached to an aromatic ring is 1. The van der Waals surface area contributed by atoms with Crippen LogP contribution in [0.3, 0.4) is 0 Å². The molecule has 0 aliphatic heterocycles. The van der Waals surface area contributed by atoms with Crippen molar-refractivity contribution in [2.45, 2.75) is 6.43 Å². The highest BCUT2D eigenvalue weighted by Crippen LogP contribution is 2.25. The lowest BCUT2D eigenvalue weighted by Crippen LogP contribution is -1.92. The number of fused-ring (bicyclic) bond motifs is 1. The Kier molecular flexibility index (Phi) is 2.81. The summed E-state index contributed by atoms with van der Waals surface area (Å²) in [6.45, 7) is 0. The monoisotopic (exact) mass is 278 g/mol. The third-order valence-corrected chi connectivity index (χ3v) is 2.85. The molecule has 0 amide bonds. The van der Waals surface area contributed by atoms with Gasteiger partial charge in [-0.25, -0.2) is 23.1 Å². The van der Waals surface area contributed by atoms with Crippen molar-refractivity contribution >= 4 is 11.5 Å². The van der Waals surface area contributed by atoms with Crippen LogP contribution >= 0.6 is 0 Å². The van der Waals surface area contributed by atoms with Crippen LogP contribution in [0.4, 0.5) is 18.9 Å². The Hall–Kier alpha value is -2.57. The molecule has 0 atom stereocenters. The first-order chi connectivity index (χ1) is 9.54. The van der Waals surface area contributed by atoms with Crippen molar-refractivity contribution < 1.29 is 13.2 Å². The van der Waals surface area contributed by atoms with Gasteiger partial charge >= 0.3 is 0 Å². The highest BCUT2D eigenvalue weighted by atomic mass is 19.3. The Morgan fingerprint density at radius 2 is 2.00 bits per heavy atom. The fourth-order valence-electron chi connectivity index (χ4n) is 1.88. The number of hydrogen-bond donors (Lipinski definition) is 1. The number of alkyl halides is 2. The van der Waals surface area contributed by atoms with E-state index in [4.69, 9.17) is 5.73 Å². The highest BCUT2D eigenvalue weighted by molar-refractivity contribution is 5.66. The number of hydrogen-bond acceptors (Lipinski definition) is 3. The second-order valence-corrected chi connectivity index (χ2v) is 4.26. The number of nitrogens with zero attached hydrogens (tertiary/aromatic N) is 3. The summed E-state index contributed by atoms with van der Waals surface area (Å²) in [7, 11) is 0. The molecule has 3 aromatic rings. The zero-order valence-electron chi connectivity index (χ0n) is 10.1. The predicted octanol–water partition coefficient (Wildman–Crippen LogP) is 3.06. The summed E-state index contributed by atoms with van der Waals surface area (Å²) in [5, 5.41) is 0. The lowest BCUT2D eigenvalue weighted by molar-refractivity contribution is 0.150. The number of imidazole rings is 1. The van der Waals surface area contributed by atoms with Crippen LogP contribution in [0.2, 0.25) is 0 Å². The van der Waals surface area contributed by atoms with Gasteiger partial charge in [-0.2, -0.15) is 0 Å². The molecule has 0 radical (unpaired) electrons. The molecule has 20 heavy (non-hydrogen) atoms. The van der Waals surface area contributed by atoms with Crippen LogP contribution < -0.4 is 5.73 Å². The molecule has 0 saturated heterocycles. The summed E-state index contributed by atoms with van der Waals surface area (Å²) in [4.78, 5) is 7.92. The molecule has 0 aliphatic rings. The molecule has 2 aromatic heterocycles. The van der Waals surface area contributed by atoms with Gasteiger partial charge in [-0.15, -0.1) is 0 Å². The quantitative estimate of drug-likeness (QED) is 0.733. The Labute approximate surface area is 111 Å². The van der Waals surface area contributed by atoms with Crippen molar-refractivity contribution in [3.05, 3.63) is 48.2 Å². The van der Waals surface area contributed by atoms with E-state index in [9.17, 15) is 13.2 Å². The van der Waals surface area contributed by atoms with Crippen LogP contribution in [-0.2, 0) is 0 Å². The van der Waals surface area contributed by atoms with Gasteiger partial charge in [-0.3, -0.25) is 4.40 Å². The largest absolute Gasteiger partial charge is 0.399 e. The van der Waals surface area contributed by atoms with Gasteiger partial charge in [-0.1, -0.05) is 0 Å². The summed E-state index contributed by atoms with van der Waals surface area (Å²) in [6, 6.07) is 4.10. The van der Waals surface area contributed by atoms with Crippen molar-refractivity contribution in [3.63, 3.8) is 0 Å². The molecule has 2 N–H and O–H groups in total. The normalized spacial score (nSPS) is 11.4. The summed E-state index contributed by atoms with van der Waals surface area (Å²) < 4.78 is 40.3. The van der Waals surface area contributed by atoms with Crippen LogP contribution in [0.1, 0.15) is 12.0 Å². The minimum atomic E-state index is -2.62. The molecule has 1 aromatic carbocycles. The number of rotatable bonds is 2. The molecule has 3 rings (SSSR count). The summed E-state index contributed by atoms with van der Waals surface area (Å²) in [5.74, 6) is -0.275. The first-order valence-corrected chi connectivity index (χ1v) is 5.73. The van der Waals surface area contributed by atoms with Gasteiger partial charge in [0.15, 0.2) is 0 Å². The maximum Gasteiger partial charge on any atom is 0.266 e. The fourth-order valence-corrected chi connectivity index (χ4v) is 1.88. The number of anilines is 1. The molecule has 0 aliphatic carbocycles. The highest BCUT2D eigenvalue weighted by Gasteiger charge is 2.13. The van der Waals surface area contributed by atoms with Crippen LogP contribution in [0.5, 0.6) is 0 Å². The van der Waals surface area contributed by atoms with Crippen LogP contribution in [0, 0.1) is 5.82 Å². The number of halogens is 3. The molecule has 4 nitrogen and oxygen atoms in total. The first kappa shape index (κ1) is 12.5. The Bertz CT molecular complexity index is 782. The van der Waals surface area contributed by atoms with Crippen LogP contribution in [0.15, 0.2) is 36.8 Å². The van der Waals surface area contributed by atoms with Gasteiger partial charge in [0.1, 0.15) is 5.82 Å². The summed E-state index contributed by atoms with van der Waals surface area (Å²) >= 11 is 0. The van der Waals surface area contributed by atoms with E-state index in [1.165, 1.54) is 35.0 Å². The van der Waals surface area contributed by atoms with Crippen molar-refractivity contribution in [1.29, 1.82) is 0 Å². The van der Waals surface area contributed by atoms with Gasteiger partial charge in [0, 0.05) is 29.8 Å². The SMILES string of the molecule is Nc1ccc(F)c(-c2cn3cc(C(F)F)cnc3n2)c1. The number of aromatic nitrogens is 3. The standard InChI is InChI=1S/C13H9F3N4/c14-10-2-1-8(17)3-9(10)11-6-20-5-7(12(15)16)4-18-13(20)19-11/h1-6,12H,17H2. The van der Waals surface area contributed by atoms with Gasteiger partial charge in [-0.05, 0) is 18.2 Å². The van der Waals surface area contributed by atoms with E-state index in [1.54, 1.807) is 0 Å². The maximum absolute atomic E-state index is 13.7. The van der Waals surface area contributed by atoms with E-state index in [0.29, 0.717) is 5.69 Å². The zero-order valence-corrected chi connectivity index (χ0v) is 10.1. The van der Waals surface area contributed by atoms with Crippen molar-refractivity contribution in [2.24, 2.45) is 0 Å². The molecule has 7 heteroatoms. The Morgan fingerprint density at radius 1 is 1.20 bits per heavy atom. The van der Waals surface area contributed by atoms with E-state index < -0.39 is 12.2 Å². The van der Waals surface area contributed by atoms with E-state index >= 15 is 0 Å². The Balaban J connectivity index is 2.15. The summed E-state index contributed by atoms with van der Waals surface area (Å²) in [5.41, 5.74) is 6.26. The fraction of sp³-hybridized carbons (Fsp3) is 0.0769. The second kappa shape index (κ2) is 4.52. The molecular formula is C13H9F3N4. The lowest BCUT2D eigenvalue weighted by Gasteiger charge is -2.00. The number of nitrogens with two attached hydrogens (primary N) is 1. The molecule has 2 heterocycles. The topological polar surface area (TPSA) is 56.2 Å². The van der Waals surface area contributed by atoms with Gasteiger partial charge in [0.25, 0.3) is 6.43 Å². The molecule has 102 valence electrons. The smallest absolute Gasteiger partial charge is 0.266 e. The average molecular weight is 278 g/mol. The second-order valence-electron chi connectivity index (χ2n) is 4.26. The summed E-state index contributed by atoms with van der Waals surface area (Å²) in [6.07, 6.45) is 1.08. The minimum absolute atomic E-state index is 0.203. The van der Waals surface area contributed by atoms with Crippen LogP contribution in [0.25, 0.3) is 17.0 Å². The van der Waals surface area contributed by atoms with Gasteiger partial charge in [0.05, 0.1) is 11.3 Å². The Morgan fingerprint density at radius 3 is 2.75 bits per heavy atom. The van der Waals surface area contributed by atoms with E-state index in [1.807, 2.05) is 0 Å². The lowest BCUT2D eigenvalue weighted by atomic mass is 10.1. The van der Waals surface area contributed by atoms with E-state index in [-0.39, 0.29) is 22.6 Å². The third kappa shape index (κ3) is 2.07. The molecular weight excluding hydrogens is 269 g/mol. The molecule has 0 saturated carbocycles. The first-order valence-electron chi connectivity index (χ1n) is 5.73. The van der Waals surface area contributed by atoms with Crippen molar-refractivity contribution in [1.82, 2.24) is 14.4 Å². The van der Waals surface area contributed by atoms with Gasteiger partial charge < -0.3 is 5.73 Å². The van der Waals surface area contributed by atoms with Gasteiger partial charge in [0.2, 0.25) is 5.78 Å². The van der Waals surface area contributed by atoms with Crippen LogP contribution in [-0.4, -0.2) is 14.4 Å². The average Bonchev–Trinajstić information content (AvgIpc) is 2.83. The predicted molar refractivity (Wildman–Crippen MR) is 67.8 cm³/mol. The molecule has 0 unspecified atom stereocenters.